The van der Waals surface area contributed by atoms with Crippen LogP contribution in [0.15, 0.2) is 78.9 Å². The Bertz CT molecular complexity index is 1530. The molecule has 7 atom stereocenters. The first-order valence-electron chi connectivity index (χ1n) is 16.4. The molecule has 49 heavy (non-hydrogen) atoms. The van der Waals surface area contributed by atoms with Gasteiger partial charge in [0.25, 0.3) is 0 Å². The van der Waals surface area contributed by atoms with E-state index in [9.17, 15) is 14.7 Å². The minimum atomic E-state index is -1.12. The highest BCUT2D eigenvalue weighted by molar-refractivity contribution is 5.85. The Morgan fingerprint density at radius 2 is 1.55 bits per heavy atom. The van der Waals surface area contributed by atoms with Crippen LogP contribution >= 0.6 is 0 Å². The summed E-state index contributed by atoms with van der Waals surface area (Å²) in [6, 6.07) is 24.7. The van der Waals surface area contributed by atoms with Crippen molar-refractivity contribution in [3.05, 3.63) is 95.6 Å². The molecule has 0 aromatic heterocycles. The fourth-order valence-corrected chi connectivity index (χ4v) is 6.77. The summed E-state index contributed by atoms with van der Waals surface area (Å²) in [5, 5.41) is 23.8. The maximum atomic E-state index is 13.0. The molecular formula is C36H45N5O8. The molecule has 3 aromatic carbocycles. The molecule has 0 spiro atoms. The molecule has 0 radical (unpaired) electrons. The first-order chi connectivity index (χ1) is 23.7. The largest absolute Gasteiger partial charge is 0.497 e. The van der Waals surface area contributed by atoms with Crippen molar-refractivity contribution in [2.45, 2.75) is 62.5 Å². The maximum Gasteiger partial charge on any atom is 0.242 e. The van der Waals surface area contributed by atoms with Crippen molar-refractivity contribution in [2.75, 3.05) is 34.6 Å². The lowest BCUT2D eigenvalue weighted by Crippen LogP contribution is -2.72. The Morgan fingerprint density at radius 1 is 0.959 bits per heavy atom. The van der Waals surface area contributed by atoms with Gasteiger partial charge in [0.1, 0.15) is 47.7 Å². The third-order valence-corrected chi connectivity index (χ3v) is 9.43. The average molecular weight is 676 g/mol. The molecule has 3 fully saturated rings. The quantitative estimate of drug-likeness (QED) is 0.178. The number of aliphatic hydroxyl groups excluding tert-OH is 1. The van der Waals surface area contributed by atoms with Crippen LogP contribution in [0.4, 0.5) is 0 Å². The highest BCUT2D eigenvalue weighted by Crippen LogP contribution is 2.42. The van der Waals surface area contributed by atoms with Crippen LogP contribution in [0.5, 0.6) is 11.5 Å². The van der Waals surface area contributed by atoms with Crippen LogP contribution in [0.25, 0.3) is 0 Å². The fourth-order valence-electron chi connectivity index (χ4n) is 6.77. The molecule has 3 heterocycles. The molecule has 262 valence electrons. The molecule has 6 rings (SSSR count). The van der Waals surface area contributed by atoms with Gasteiger partial charge in [-0.2, -0.15) is 0 Å². The Morgan fingerprint density at radius 3 is 2.10 bits per heavy atom. The molecule has 13 heteroatoms. The van der Waals surface area contributed by atoms with Gasteiger partial charge in [0.05, 0.1) is 33.7 Å². The Kier molecular flexibility index (Phi) is 10.5. The number of methoxy groups -OCH3 is 3. The molecule has 13 nitrogen and oxygen atoms in total. The SMILES string of the molecule is COc1ccc(C(OC[C@H]2O[C@@H](N3CNC4C(=O)NC(NC(=O)C(C)C)NC43)[C@H](OC)[C@@H]2O)(c2ccccc2)c2ccc(OC)cc2)cc1. The molecule has 3 aliphatic rings. The number of nitrogens with zero attached hydrogens (tertiary/aromatic N) is 1. The van der Waals surface area contributed by atoms with Gasteiger partial charge in [0, 0.05) is 13.0 Å². The van der Waals surface area contributed by atoms with E-state index in [2.05, 4.69) is 21.3 Å². The van der Waals surface area contributed by atoms with E-state index >= 15 is 0 Å². The summed E-state index contributed by atoms with van der Waals surface area (Å²) in [4.78, 5) is 27.3. The van der Waals surface area contributed by atoms with Gasteiger partial charge in [0.15, 0.2) is 6.29 Å². The van der Waals surface area contributed by atoms with Crippen LogP contribution in [0.2, 0.25) is 0 Å². The van der Waals surface area contributed by atoms with Crippen LogP contribution in [0.3, 0.4) is 0 Å². The fraction of sp³-hybridized carbons (Fsp3) is 0.444. The van der Waals surface area contributed by atoms with Gasteiger partial charge in [0.2, 0.25) is 11.8 Å². The Balaban J connectivity index is 1.30. The molecule has 3 aromatic rings. The number of hydrogen-bond acceptors (Lipinski definition) is 11. The van der Waals surface area contributed by atoms with Crippen molar-refractivity contribution in [3.63, 3.8) is 0 Å². The number of rotatable bonds is 12. The monoisotopic (exact) mass is 675 g/mol. The summed E-state index contributed by atoms with van der Waals surface area (Å²) in [7, 11) is 4.76. The second-order valence-electron chi connectivity index (χ2n) is 12.6. The highest BCUT2D eigenvalue weighted by atomic mass is 16.6. The van der Waals surface area contributed by atoms with Crippen molar-refractivity contribution in [3.8, 4) is 11.5 Å². The molecular weight excluding hydrogens is 630 g/mol. The van der Waals surface area contributed by atoms with E-state index in [-0.39, 0.29) is 31.0 Å². The molecule has 0 bridgehead atoms. The van der Waals surface area contributed by atoms with Crippen LogP contribution in [0.1, 0.15) is 30.5 Å². The van der Waals surface area contributed by atoms with E-state index < -0.39 is 48.6 Å². The van der Waals surface area contributed by atoms with E-state index in [1.165, 1.54) is 7.11 Å². The number of benzene rings is 3. The normalized spacial score (nSPS) is 27.1. The number of ether oxygens (including phenoxy) is 5. The van der Waals surface area contributed by atoms with E-state index in [1.54, 1.807) is 28.1 Å². The first-order valence-corrected chi connectivity index (χ1v) is 16.4. The van der Waals surface area contributed by atoms with E-state index in [0.717, 1.165) is 16.7 Å². The average Bonchev–Trinajstić information content (AvgIpc) is 3.69. The smallest absolute Gasteiger partial charge is 0.242 e. The Hall–Kier alpha value is -4.08. The van der Waals surface area contributed by atoms with Crippen LogP contribution in [-0.4, -0.2) is 99.5 Å². The van der Waals surface area contributed by atoms with Gasteiger partial charge < -0.3 is 39.4 Å². The molecule has 2 amide bonds. The minimum absolute atomic E-state index is 0.0131. The predicted octanol–water partition coefficient (Wildman–Crippen LogP) is 1.45. The second-order valence-corrected chi connectivity index (χ2v) is 12.6. The Labute approximate surface area is 286 Å². The number of fused-ring (bicyclic) bond motifs is 1. The number of nitrogens with one attached hydrogen (secondary N) is 4. The predicted molar refractivity (Wildman–Crippen MR) is 179 cm³/mol. The zero-order valence-electron chi connectivity index (χ0n) is 28.3. The zero-order valence-corrected chi connectivity index (χ0v) is 28.3. The van der Waals surface area contributed by atoms with Crippen LogP contribution < -0.4 is 30.7 Å². The summed E-state index contributed by atoms with van der Waals surface area (Å²) in [5.41, 5.74) is 1.44. The lowest BCUT2D eigenvalue weighted by Gasteiger charge is -2.39. The standard InChI is InChI=1S/C36H45N5O8/c1-21(2)32(43)39-35-38-31-28(33(44)40-35)37-20-41(31)34-30(47-5)29(42)27(49-34)19-48-36(22-9-7-6-8-10-22,23-11-15-25(45-3)16-12-23)24-13-17-26(46-4)18-14-24/h6-18,21,27-31,34-35,37-38,42H,19-20H2,1-5H3,(H,39,43)(H,40,44)/t27-,28?,29-,30-,31?,34-,35?/m1/s1. The van der Waals surface area contributed by atoms with Crippen LogP contribution in [-0.2, 0) is 29.4 Å². The van der Waals surface area contributed by atoms with Gasteiger partial charge in [-0.05, 0) is 41.0 Å². The summed E-state index contributed by atoms with van der Waals surface area (Å²) in [6.45, 7) is 3.82. The van der Waals surface area contributed by atoms with Crippen molar-refractivity contribution in [2.24, 2.45) is 5.92 Å². The third kappa shape index (κ3) is 6.75. The highest BCUT2D eigenvalue weighted by Gasteiger charge is 2.54. The lowest BCUT2D eigenvalue weighted by molar-refractivity contribution is -0.141. The van der Waals surface area contributed by atoms with Crippen LogP contribution in [0, 0.1) is 5.92 Å². The molecule has 5 N–H and O–H groups in total. The van der Waals surface area contributed by atoms with Gasteiger partial charge in [-0.15, -0.1) is 0 Å². The van der Waals surface area contributed by atoms with Gasteiger partial charge >= 0.3 is 0 Å². The summed E-state index contributed by atoms with van der Waals surface area (Å²) in [6.07, 6.45) is -4.71. The van der Waals surface area contributed by atoms with Crippen molar-refractivity contribution in [1.82, 2.24) is 26.2 Å². The first kappa shape index (κ1) is 34.8. The number of carbonyl (C=O) groups is 2. The molecule has 3 aliphatic heterocycles. The summed E-state index contributed by atoms with van der Waals surface area (Å²) in [5.74, 6) is 0.673. The van der Waals surface area contributed by atoms with Crippen molar-refractivity contribution < 1.29 is 38.4 Å². The van der Waals surface area contributed by atoms with Gasteiger partial charge in [-0.3, -0.25) is 20.2 Å². The third-order valence-electron chi connectivity index (χ3n) is 9.43. The maximum absolute atomic E-state index is 13.0. The minimum Gasteiger partial charge on any atom is -0.497 e. The number of aliphatic hydroxyl groups is 1. The molecule has 0 saturated carbocycles. The summed E-state index contributed by atoms with van der Waals surface area (Å²) >= 11 is 0. The van der Waals surface area contributed by atoms with Crippen molar-refractivity contribution >= 4 is 11.8 Å². The number of hydrogen-bond donors (Lipinski definition) is 5. The summed E-state index contributed by atoms with van der Waals surface area (Å²) < 4.78 is 30.3. The van der Waals surface area contributed by atoms with E-state index in [0.29, 0.717) is 11.5 Å². The molecule has 3 saturated heterocycles. The number of carbonyl (C=O) groups excluding carboxylic acids is 2. The van der Waals surface area contributed by atoms with E-state index in [1.807, 2.05) is 83.8 Å². The molecule has 0 aliphatic carbocycles. The molecule has 3 unspecified atom stereocenters. The van der Waals surface area contributed by atoms with Gasteiger partial charge in [-0.1, -0.05) is 68.4 Å². The number of amides is 2. The second kappa shape index (κ2) is 14.8. The topological polar surface area (TPSA) is 152 Å². The van der Waals surface area contributed by atoms with E-state index in [4.69, 9.17) is 23.7 Å². The van der Waals surface area contributed by atoms with Crippen molar-refractivity contribution in [1.29, 1.82) is 0 Å². The lowest BCUT2D eigenvalue weighted by atomic mass is 9.80. The zero-order chi connectivity index (χ0) is 34.7. The van der Waals surface area contributed by atoms with Gasteiger partial charge in [-0.25, -0.2) is 4.90 Å².